The van der Waals surface area contributed by atoms with Gasteiger partial charge in [0.1, 0.15) is 23.4 Å². The van der Waals surface area contributed by atoms with Gasteiger partial charge in [-0.1, -0.05) is 18.2 Å². The van der Waals surface area contributed by atoms with Gasteiger partial charge in [0.15, 0.2) is 5.11 Å². The Balaban J connectivity index is 1.56. The zero-order valence-corrected chi connectivity index (χ0v) is 15.9. The van der Waals surface area contributed by atoms with Crippen LogP contribution in [0.3, 0.4) is 0 Å². The quantitative estimate of drug-likeness (QED) is 0.575. The third kappa shape index (κ3) is 3.34. The fourth-order valence-corrected chi connectivity index (χ4v) is 3.59. The molecular formula is C22H17FN2O2S. The second kappa shape index (κ2) is 7.40. The maximum atomic E-state index is 13.0. The van der Waals surface area contributed by atoms with Crippen LogP contribution in [0.5, 0.6) is 11.5 Å². The van der Waals surface area contributed by atoms with Crippen LogP contribution in [0.25, 0.3) is 0 Å². The smallest absolute Gasteiger partial charge is 0.256 e. The van der Waals surface area contributed by atoms with Crippen molar-refractivity contribution in [2.24, 2.45) is 0 Å². The summed E-state index contributed by atoms with van der Waals surface area (Å²) in [5.74, 6) is 0.777. The van der Waals surface area contributed by atoms with Crippen LogP contribution >= 0.6 is 12.2 Å². The lowest BCUT2D eigenvalue weighted by Gasteiger charge is -2.22. The van der Waals surface area contributed by atoms with Crippen molar-refractivity contribution in [3.63, 3.8) is 0 Å². The zero-order valence-electron chi connectivity index (χ0n) is 15.1. The van der Waals surface area contributed by atoms with E-state index in [4.69, 9.17) is 17.0 Å². The molecular weight excluding hydrogens is 375 g/mol. The fourth-order valence-electron chi connectivity index (χ4n) is 3.13. The standard InChI is InChI=1S/C22H17FN2O2S/c1-15-21(26)25(17-5-3-2-4-6-17)22(28)24(15)18-9-13-20(14-10-18)27-19-11-7-16(23)8-12-19/h2-15H,1H3. The lowest BCUT2D eigenvalue weighted by Crippen LogP contribution is -2.33. The van der Waals surface area contributed by atoms with Crippen LogP contribution in [0.1, 0.15) is 6.92 Å². The first-order chi connectivity index (χ1) is 13.5. The van der Waals surface area contributed by atoms with Crippen LogP contribution in [-0.2, 0) is 4.79 Å². The number of carbonyl (C=O) groups is 1. The summed E-state index contributed by atoms with van der Waals surface area (Å²) in [5.41, 5.74) is 1.55. The molecule has 0 saturated carbocycles. The van der Waals surface area contributed by atoms with E-state index in [1.165, 1.54) is 12.1 Å². The van der Waals surface area contributed by atoms with Crippen molar-refractivity contribution < 1.29 is 13.9 Å². The van der Waals surface area contributed by atoms with E-state index >= 15 is 0 Å². The molecule has 0 aromatic heterocycles. The minimum absolute atomic E-state index is 0.0668. The summed E-state index contributed by atoms with van der Waals surface area (Å²) < 4.78 is 18.7. The van der Waals surface area contributed by atoms with Crippen LogP contribution in [0.4, 0.5) is 15.8 Å². The molecule has 4 rings (SSSR count). The van der Waals surface area contributed by atoms with Crippen molar-refractivity contribution >= 4 is 34.6 Å². The van der Waals surface area contributed by atoms with Gasteiger partial charge in [-0.3, -0.25) is 9.69 Å². The van der Waals surface area contributed by atoms with Gasteiger partial charge in [0.05, 0.1) is 5.69 Å². The van der Waals surface area contributed by atoms with Crippen molar-refractivity contribution in [3.05, 3.63) is 84.7 Å². The van der Waals surface area contributed by atoms with Crippen LogP contribution < -0.4 is 14.5 Å². The van der Waals surface area contributed by atoms with Gasteiger partial charge in [0, 0.05) is 5.69 Å². The SMILES string of the molecule is CC1C(=O)N(c2ccccc2)C(=S)N1c1ccc(Oc2ccc(F)cc2)cc1. The van der Waals surface area contributed by atoms with Gasteiger partial charge in [-0.15, -0.1) is 0 Å². The third-order valence-corrected chi connectivity index (χ3v) is 4.92. The highest BCUT2D eigenvalue weighted by molar-refractivity contribution is 7.81. The molecule has 4 nitrogen and oxygen atoms in total. The Bertz CT molecular complexity index is 1010. The predicted molar refractivity (Wildman–Crippen MR) is 111 cm³/mol. The number of halogens is 1. The lowest BCUT2D eigenvalue weighted by atomic mass is 10.2. The number of rotatable bonds is 4. The lowest BCUT2D eigenvalue weighted by molar-refractivity contribution is -0.117. The number of nitrogens with zero attached hydrogens (tertiary/aromatic N) is 2. The maximum Gasteiger partial charge on any atom is 0.256 e. The highest BCUT2D eigenvalue weighted by atomic mass is 32.1. The average molecular weight is 392 g/mol. The molecule has 0 N–H and O–H groups in total. The fraction of sp³-hybridized carbons (Fsp3) is 0.0909. The monoisotopic (exact) mass is 392 g/mol. The number of hydrogen-bond acceptors (Lipinski definition) is 3. The molecule has 0 bridgehead atoms. The molecule has 3 aromatic carbocycles. The molecule has 1 heterocycles. The highest BCUT2D eigenvalue weighted by Gasteiger charge is 2.41. The Labute approximate surface area is 167 Å². The first-order valence-corrected chi connectivity index (χ1v) is 9.21. The van der Waals surface area contributed by atoms with Gasteiger partial charge in [-0.05, 0) is 79.8 Å². The van der Waals surface area contributed by atoms with Gasteiger partial charge in [0.25, 0.3) is 5.91 Å². The van der Waals surface area contributed by atoms with E-state index in [2.05, 4.69) is 0 Å². The number of thiocarbonyl (C=S) groups is 1. The molecule has 1 unspecified atom stereocenters. The van der Waals surface area contributed by atoms with E-state index in [1.807, 2.05) is 54.3 Å². The van der Waals surface area contributed by atoms with E-state index in [1.54, 1.807) is 29.2 Å². The van der Waals surface area contributed by atoms with Gasteiger partial charge in [-0.2, -0.15) is 0 Å². The number of hydrogen-bond donors (Lipinski definition) is 0. The molecule has 0 spiro atoms. The summed E-state index contributed by atoms with van der Waals surface area (Å²) >= 11 is 5.59. The Hall–Kier alpha value is -3.25. The van der Waals surface area contributed by atoms with Crippen molar-refractivity contribution in [1.82, 2.24) is 0 Å². The molecule has 3 aromatic rings. The number of para-hydroxylation sites is 1. The first kappa shape index (κ1) is 18.1. The predicted octanol–water partition coefficient (Wildman–Crippen LogP) is 5.14. The zero-order chi connectivity index (χ0) is 19.7. The number of benzene rings is 3. The Morgan fingerprint density at radius 1 is 0.857 bits per heavy atom. The van der Waals surface area contributed by atoms with E-state index in [9.17, 15) is 9.18 Å². The summed E-state index contributed by atoms with van der Waals surface area (Å²) in [4.78, 5) is 16.2. The molecule has 28 heavy (non-hydrogen) atoms. The number of ether oxygens (including phenoxy) is 1. The molecule has 1 aliphatic rings. The summed E-state index contributed by atoms with van der Waals surface area (Å²) in [6.07, 6.45) is 0. The number of carbonyl (C=O) groups excluding carboxylic acids is 1. The van der Waals surface area contributed by atoms with E-state index < -0.39 is 6.04 Å². The van der Waals surface area contributed by atoms with Crippen LogP contribution in [-0.4, -0.2) is 17.1 Å². The molecule has 0 aliphatic carbocycles. The molecule has 1 atom stereocenters. The normalized spacial score (nSPS) is 16.6. The highest BCUT2D eigenvalue weighted by Crippen LogP contribution is 2.31. The van der Waals surface area contributed by atoms with Crippen molar-refractivity contribution in [2.75, 3.05) is 9.80 Å². The van der Waals surface area contributed by atoms with Gasteiger partial charge in [-0.25, -0.2) is 4.39 Å². The van der Waals surface area contributed by atoms with Crippen LogP contribution in [0, 0.1) is 5.82 Å². The van der Waals surface area contributed by atoms with Crippen LogP contribution in [0.2, 0.25) is 0 Å². The number of anilines is 2. The van der Waals surface area contributed by atoms with E-state index in [0.29, 0.717) is 16.6 Å². The summed E-state index contributed by atoms with van der Waals surface area (Å²) in [5, 5.41) is 0.441. The Morgan fingerprint density at radius 2 is 1.43 bits per heavy atom. The third-order valence-electron chi connectivity index (χ3n) is 4.54. The molecule has 140 valence electrons. The van der Waals surface area contributed by atoms with Crippen molar-refractivity contribution in [3.8, 4) is 11.5 Å². The first-order valence-electron chi connectivity index (χ1n) is 8.80. The minimum atomic E-state index is -0.406. The summed E-state index contributed by atoms with van der Waals surface area (Å²) in [6, 6.07) is 22.1. The van der Waals surface area contributed by atoms with Gasteiger partial charge >= 0.3 is 0 Å². The summed E-state index contributed by atoms with van der Waals surface area (Å²) in [6.45, 7) is 1.83. The molecule has 1 aliphatic heterocycles. The average Bonchev–Trinajstić information content (AvgIpc) is 2.94. The second-order valence-electron chi connectivity index (χ2n) is 6.39. The second-order valence-corrected chi connectivity index (χ2v) is 6.75. The minimum Gasteiger partial charge on any atom is -0.457 e. The maximum absolute atomic E-state index is 13.0. The van der Waals surface area contributed by atoms with E-state index in [-0.39, 0.29) is 11.7 Å². The van der Waals surface area contributed by atoms with Crippen molar-refractivity contribution in [1.29, 1.82) is 0 Å². The molecule has 1 saturated heterocycles. The topological polar surface area (TPSA) is 32.8 Å². The van der Waals surface area contributed by atoms with E-state index in [0.717, 1.165) is 11.4 Å². The molecule has 0 radical (unpaired) electrons. The van der Waals surface area contributed by atoms with Gasteiger partial charge in [0.2, 0.25) is 0 Å². The Morgan fingerprint density at radius 3 is 2.04 bits per heavy atom. The van der Waals surface area contributed by atoms with Crippen LogP contribution in [0.15, 0.2) is 78.9 Å². The molecule has 1 amide bonds. The Kier molecular flexibility index (Phi) is 4.79. The number of amides is 1. The van der Waals surface area contributed by atoms with Gasteiger partial charge < -0.3 is 9.64 Å². The van der Waals surface area contributed by atoms with Crippen molar-refractivity contribution in [2.45, 2.75) is 13.0 Å². The molecule has 1 fully saturated rings. The largest absolute Gasteiger partial charge is 0.457 e. The summed E-state index contributed by atoms with van der Waals surface area (Å²) in [7, 11) is 0. The molecule has 6 heteroatoms.